The molecule has 1 aliphatic heterocycles. The summed E-state index contributed by atoms with van der Waals surface area (Å²) in [5, 5.41) is 10.7. The van der Waals surface area contributed by atoms with E-state index in [1.165, 1.54) is 0 Å². The van der Waals surface area contributed by atoms with Crippen molar-refractivity contribution in [3.63, 3.8) is 0 Å². The van der Waals surface area contributed by atoms with Crippen LogP contribution >= 0.6 is 0 Å². The number of likely N-dealkylation sites (tertiary alicyclic amines) is 1. The van der Waals surface area contributed by atoms with Crippen LogP contribution in [0.2, 0.25) is 0 Å². The quantitative estimate of drug-likeness (QED) is 0.657. The Bertz CT molecular complexity index is 860. The van der Waals surface area contributed by atoms with Crippen LogP contribution in [-0.4, -0.2) is 52.4 Å². The fourth-order valence-electron chi connectivity index (χ4n) is 4.77. The molecule has 1 saturated heterocycles. The van der Waals surface area contributed by atoms with Crippen molar-refractivity contribution in [2.45, 2.75) is 70.7 Å². The van der Waals surface area contributed by atoms with Crippen LogP contribution in [0.25, 0.3) is 0 Å². The summed E-state index contributed by atoms with van der Waals surface area (Å²) >= 11 is 0. The van der Waals surface area contributed by atoms with E-state index in [4.69, 9.17) is 9.47 Å². The van der Waals surface area contributed by atoms with Gasteiger partial charge in [0.25, 0.3) is 0 Å². The molecule has 2 aromatic rings. The average Bonchev–Trinajstić information content (AvgIpc) is 2.70. The van der Waals surface area contributed by atoms with Gasteiger partial charge >= 0.3 is 5.97 Å². The van der Waals surface area contributed by atoms with E-state index in [-0.39, 0.29) is 29.8 Å². The van der Waals surface area contributed by atoms with Gasteiger partial charge in [0, 0.05) is 30.5 Å². The molecule has 5 heteroatoms. The first kappa shape index (κ1) is 23.3. The third-order valence-electron chi connectivity index (χ3n) is 6.12. The summed E-state index contributed by atoms with van der Waals surface area (Å²) in [4.78, 5) is 14.9. The van der Waals surface area contributed by atoms with Crippen molar-refractivity contribution in [3.8, 4) is 5.75 Å². The number of ether oxygens (including phenoxy) is 2. The van der Waals surface area contributed by atoms with E-state index in [1.807, 2.05) is 49.4 Å². The zero-order valence-corrected chi connectivity index (χ0v) is 19.3. The second-order valence-electron chi connectivity index (χ2n) is 9.77. The van der Waals surface area contributed by atoms with Crippen LogP contribution in [0.3, 0.4) is 0 Å². The number of piperidine rings is 1. The molecule has 1 unspecified atom stereocenters. The molecular formula is C26H35NO4. The number of aliphatic hydroxyl groups excluding tert-OH is 1. The molecule has 1 N–H and O–H groups in total. The van der Waals surface area contributed by atoms with Crippen molar-refractivity contribution < 1.29 is 19.4 Å². The molecule has 0 amide bonds. The normalized spacial score (nSPS) is 19.5. The van der Waals surface area contributed by atoms with Gasteiger partial charge in [0.1, 0.15) is 24.6 Å². The largest absolute Gasteiger partial charge is 0.491 e. The van der Waals surface area contributed by atoms with Crippen molar-refractivity contribution in [1.29, 1.82) is 0 Å². The predicted molar refractivity (Wildman–Crippen MR) is 122 cm³/mol. The van der Waals surface area contributed by atoms with Gasteiger partial charge in [-0.05, 0) is 58.4 Å². The third-order valence-corrected chi connectivity index (χ3v) is 6.12. The molecule has 5 nitrogen and oxygen atoms in total. The number of esters is 1. The van der Waals surface area contributed by atoms with Gasteiger partial charge in [-0.25, -0.2) is 4.79 Å². The SMILES string of the molecule is Cc1ccccc1OCC(O)CN1C(C)(C)CC(OC(=O)c2ccccc2)CC1(C)C. The minimum absolute atomic E-state index is 0.172. The molecule has 0 radical (unpaired) electrons. The van der Waals surface area contributed by atoms with E-state index >= 15 is 0 Å². The highest BCUT2D eigenvalue weighted by molar-refractivity contribution is 5.89. The van der Waals surface area contributed by atoms with Gasteiger partial charge in [-0.2, -0.15) is 0 Å². The van der Waals surface area contributed by atoms with Gasteiger partial charge in [-0.15, -0.1) is 0 Å². The smallest absolute Gasteiger partial charge is 0.338 e. The summed E-state index contributed by atoms with van der Waals surface area (Å²) in [5.74, 6) is 0.518. The highest BCUT2D eigenvalue weighted by Crippen LogP contribution is 2.40. The Labute approximate surface area is 186 Å². The second-order valence-corrected chi connectivity index (χ2v) is 9.77. The van der Waals surface area contributed by atoms with E-state index in [0.29, 0.717) is 24.9 Å². The first-order valence-electron chi connectivity index (χ1n) is 11.0. The summed E-state index contributed by atoms with van der Waals surface area (Å²) in [5.41, 5.74) is 1.14. The van der Waals surface area contributed by atoms with Gasteiger partial charge < -0.3 is 14.6 Å². The number of benzene rings is 2. The van der Waals surface area contributed by atoms with Crippen LogP contribution < -0.4 is 4.74 Å². The molecule has 0 saturated carbocycles. The summed E-state index contributed by atoms with van der Waals surface area (Å²) in [6, 6.07) is 16.9. The molecule has 2 aromatic carbocycles. The number of hydrogen-bond donors (Lipinski definition) is 1. The Hall–Kier alpha value is -2.37. The van der Waals surface area contributed by atoms with Crippen LogP contribution in [-0.2, 0) is 4.74 Å². The Kier molecular flexibility index (Phi) is 7.07. The lowest BCUT2D eigenvalue weighted by Crippen LogP contribution is -2.64. The lowest BCUT2D eigenvalue weighted by Gasteiger charge is -2.55. The number of nitrogens with zero attached hydrogens (tertiary/aromatic N) is 1. The number of para-hydroxylation sites is 1. The van der Waals surface area contributed by atoms with Crippen molar-refractivity contribution in [1.82, 2.24) is 4.90 Å². The lowest BCUT2D eigenvalue weighted by molar-refractivity contribution is -0.104. The number of rotatable bonds is 7. The monoisotopic (exact) mass is 425 g/mol. The van der Waals surface area contributed by atoms with E-state index < -0.39 is 6.10 Å². The summed E-state index contributed by atoms with van der Waals surface area (Å²) in [6.45, 7) is 11.3. The van der Waals surface area contributed by atoms with Crippen molar-refractivity contribution in [3.05, 3.63) is 65.7 Å². The maximum Gasteiger partial charge on any atom is 0.338 e. The highest BCUT2D eigenvalue weighted by atomic mass is 16.5. The number of β-amino-alcohol motifs (C(OH)–C–C–N with tert-alkyl or cyclic N) is 1. The van der Waals surface area contributed by atoms with Gasteiger partial charge in [0.15, 0.2) is 0 Å². The van der Waals surface area contributed by atoms with Crippen molar-refractivity contribution >= 4 is 5.97 Å². The maximum atomic E-state index is 12.5. The number of hydrogen-bond acceptors (Lipinski definition) is 5. The number of aliphatic hydroxyl groups is 1. The van der Waals surface area contributed by atoms with Crippen LogP contribution in [0, 0.1) is 6.92 Å². The summed E-state index contributed by atoms with van der Waals surface area (Å²) in [7, 11) is 0. The molecule has 0 spiro atoms. The summed E-state index contributed by atoms with van der Waals surface area (Å²) in [6.07, 6.45) is 0.622. The first-order valence-corrected chi connectivity index (χ1v) is 11.0. The van der Waals surface area contributed by atoms with E-state index in [2.05, 4.69) is 32.6 Å². The van der Waals surface area contributed by atoms with Crippen LogP contribution in [0.1, 0.15) is 56.5 Å². The molecule has 1 heterocycles. The number of carbonyl (C=O) groups excluding carboxylic acids is 1. The zero-order valence-electron chi connectivity index (χ0n) is 19.3. The van der Waals surface area contributed by atoms with Crippen molar-refractivity contribution in [2.75, 3.05) is 13.2 Å². The molecular weight excluding hydrogens is 390 g/mol. The van der Waals surface area contributed by atoms with Crippen molar-refractivity contribution in [2.24, 2.45) is 0 Å². The van der Waals surface area contributed by atoms with Gasteiger partial charge in [0.05, 0.1) is 5.56 Å². The summed E-state index contributed by atoms with van der Waals surface area (Å²) < 4.78 is 11.7. The minimum Gasteiger partial charge on any atom is -0.491 e. The molecule has 0 aromatic heterocycles. The average molecular weight is 426 g/mol. The minimum atomic E-state index is -0.624. The Morgan fingerprint density at radius 2 is 1.61 bits per heavy atom. The first-order chi connectivity index (χ1) is 14.6. The molecule has 1 atom stereocenters. The molecule has 31 heavy (non-hydrogen) atoms. The predicted octanol–water partition coefficient (Wildman–Crippen LogP) is 4.61. The van der Waals surface area contributed by atoms with Gasteiger partial charge in [0.2, 0.25) is 0 Å². The molecule has 0 bridgehead atoms. The Balaban J connectivity index is 1.61. The van der Waals surface area contributed by atoms with Gasteiger partial charge in [-0.3, -0.25) is 4.90 Å². The Morgan fingerprint density at radius 1 is 1.03 bits per heavy atom. The standard InChI is InChI=1S/C26H35NO4/c1-19-11-9-10-14-23(19)30-18-21(28)17-27-25(2,3)15-22(16-26(27,4)5)31-24(29)20-12-7-6-8-13-20/h6-14,21-22,28H,15-18H2,1-5H3. The fraction of sp³-hybridized carbons (Fsp3) is 0.500. The molecule has 0 aliphatic carbocycles. The lowest BCUT2D eigenvalue weighted by atomic mass is 9.77. The zero-order chi connectivity index (χ0) is 22.6. The number of aryl methyl sites for hydroxylation is 1. The molecule has 1 fully saturated rings. The molecule has 1 aliphatic rings. The van der Waals surface area contributed by atoms with E-state index in [0.717, 1.165) is 11.3 Å². The highest BCUT2D eigenvalue weighted by Gasteiger charge is 2.47. The second kappa shape index (κ2) is 9.41. The van der Waals surface area contributed by atoms with E-state index in [9.17, 15) is 9.90 Å². The maximum absolute atomic E-state index is 12.5. The third kappa shape index (κ3) is 5.86. The van der Waals surface area contributed by atoms with Crippen LogP contribution in [0.5, 0.6) is 5.75 Å². The van der Waals surface area contributed by atoms with Crippen LogP contribution in [0.15, 0.2) is 54.6 Å². The molecule has 168 valence electrons. The van der Waals surface area contributed by atoms with E-state index in [1.54, 1.807) is 12.1 Å². The topological polar surface area (TPSA) is 59.0 Å². The number of carbonyl (C=O) groups is 1. The van der Waals surface area contributed by atoms with Crippen LogP contribution in [0.4, 0.5) is 0 Å². The molecule has 3 rings (SSSR count). The Morgan fingerprint density at radius 3 is 2.23 bits per heavy atom. The van der Waals surface area contributed by atoms with Gasteiger partial charge in [-0.1, -0.05) is 36.4 Å². The fourth-order valence-corrected chi connectivity index (χ4v) is 4.77.